The fourth-order valence-corrected chi connectivity index (χ4v) is 11.0. The minimum absolute atomic E-state index is 0.0273. The van der Waals surface area contributed by atoms with Gasteiger partial charge in [0.1, 0.15) is 17.6 Å². The van der Waals surface area contributed by atoms with Crippen molar-refractivity contribution < 1.29 is 28.2 Å². The van der Waals surface area contributed by atoms with Gasteiger partial charge in [-0.2, -0.15) is 0 Å². The summed E-state index contributed by atoms with van der Waals surface area (Å²) in [5.41, 5.74) is 0.125. The third-order valence-corrected chi connectivity index (χ3v) is 14.0. The van der Waals surface area contributed by atoms with Crippen molar-refractivity contribution in [2.45, 2.75) is 90.3 Å². The Balaban J connectivity index is 1.63. The molecule has 3 aromatic rings. The highest BCUT2D eigenvalue weighted by Crippen LogP contribution is 2.40. The summed E-state index contributed by atoms with van der Waals surface area (Å²) in [6, 6.07) is 28.5. The molecular formula is C38H48O6Si. The van der Waals surface area contributed by atoms with Crippen LogP contribution in [0.1, 0.15) is 65.9 Å². The van der Waals surface area contributed by atoms with Gasteiger partial charge in [0.25, 0.3) is 8.32 Å². The van der Waals surface area contributed by atoms with Gasteiger partial charge in [-0.05, 0) is 33.1 Å². The third-order valence-electron chi connectivity index (χ3n) is 8.92. The van der Waals surface area contributed by atoms with E-state index in [2.05, 4.69) is 75.9 Å². The molecule has 0 N–H and O–H groups in total. The molecule has 0 spiro atoms. The van der Waals surface area contributed by atoms with Gasteiger partial charge in [0, 0.05) is 24.7 Å². The second kappa shape index (κ2) is 14.7. The van der Waals surface area contributed by atoms with Gasteiger partial charge in [0.05, 0.1) is 32.3 Å². The highest BCUT2D eigenvalue weighted by Gasteiger charge is 2.52. The van der Waals surface area contributed by atoms with Crippen LogP contribution in [-0.4, -0.2) is 45.5 Å². The molecule has 4 rings (SSSR count). The average molecular weight is 629 g/mol. The van der Waals surface area contributed by atoms with Crippen molar-refractivity contribution >= 4 is 30.4 Å². The molecule has 45 heavy (non-hydrogen) atoms. The molecule has 1 aliphatic heterocycles. The summed E-state index contributed by atoms with van der Waals surface area (Å²) in [4.78, 5) is 26.5. The predicted octanol–water partition coefficient (Wildman–Crippen LogP) is 6.79. The van der Waals surface area contributed by atoms with Crippen LogP contribution < -0.4 is 15.1 Å². The molecular weight excluding hydrogens is 580 g/mol. The summed E-state index contributed by atoms with van der Waals surface area (Å²) >= 11 is 0. The average Bonchev–Trinajstić information content (AvgIpc) is 3.02. The third kappa shape index (κ3) is 8.01. The summed E-state index contributed by atoms with van der Waals surface area (Å²) in [5.74, 6) is 0.496. The molecule has 6 nitrogen and oxygen atoms in total. The molecule has 0 aromatic heterocycles. The number of hydrogen-bond acceptors (Lipinski definition) is 6. The van der Waals surface area contributed by atoms with E-state index in [0.717, 1.165) is 21.7 Å². The van der Waals surface area contributed by atoms with Crippen molar-refractivity contribution in [2.75, 3.05) is 7.11 Å². The molecule has 0 saturated carbocycles. The minimum Gasteiger partial charge on any atom is -0.497 e. The Hall–Kier alpha value is -3.52. The highest BCUT2D eigenvalue weighted by molar-refractivity contribution is 6.99. The van der Waals surface area contributed by atoms with Crippen molar-refractivity contribution in [3.63, 3.8) is 0 Å². The van der Waals surface area contributed by atoms with Crippen LogP contribution >= 0.6 is 0 Å². The van der Waals surface area contributed by atoms with E-state index >= 15 is 0 Å². The van der Waals surface area contributed by atoms with Gasteiger partial charge in [0.2, 0.25) is 0 Å². The van der Waals surface area contributed by atoms with Crippen molar-refractivity contribution in [2.24, 2.45) is 5.41 Å². The molecule has 0 bridgehead atoms. The summed E-state index contributed by atoms with van der Waals surface area (Å²) in [5, 5.41) is 2.10. The number of esters is 1. The number of Topliss-reactive ketones (excluding diaryl/α,β-unsaturated/α-hetero) is 1. The highest BCUT2D eigenvalue weighted by atomic mass is 28.4. The van der Waals surface area contributed by atoms with Gasteiger partial charge >= 0.3 is 5.97 Å². The number of rotatable bonds is 14. The predicted molar refractivity (Wildman–Crippen MR) is 181 cm³/mol. The van der Waals surface area contributed by atoms with Gasteiger partial charge in [0.15, 0.2) is 0 Å². The van der Waals surface area contributed by atoms with Crippen LogP contribution in [-0.2, 0) is 30.1 Å². The normalized spacial score (nSPS) is 18.1. The van der Waals surface area contributed by atoms with E-state index < -0.39 is 25.9 Å². The Labute approximate surface area is 269 Å². The second-order valence-corrected chi connectivity index (χ2v) is 17.7. The lowest BCUT2D eigenvalue weighted by Crippen LogP contribution is -2.68. The summed E-state index contributed by atoms with van der Waals surface area (Å²) in [7, 11) is -1.25. The number of allylic oxidation sites excluding steroid dienone is 1. The molecule has 0 aliphatic carbocycles. The van der Waals surface area contributed by atoms with Crippen molar-refractivity contribution in [3.8, 4) is 5.75 Å². The maximum absolute atomic E-state index is 13.3. The van der Waals surface area contributed by atoms with E-state index in [1.165, 1.54) is 0 Å². The van der Waals surface area contributed by atoms with E-state index in [4.69, 9.17) is 18.6 Å². The molecule has 3 atom stereocenters. The summed E-state index contributed by atoms with van der Waals surface area (Å²) in [6.07, 6.45) is 1.61. The molecule has 3 aromatic carbocycles. The molecule has 1 saturated heterocycles. The maximum Gasteiger partial charge on any atom is 0.308 e. The minimum atomic E-state index is -2.88. The lowest BCUT2D eigenvalue weighted by molar-refractivity contribution is -0.165. The SMILES string of the molecule is C=CCC(=O)C(C)(C)[C@H](C[C@H]1C[C@@H](O[Si](c2ccccc2)(c2ccccc2)C(C)(C)C)CC(=O)O1)OCc1ccc(OC)cc1. The van der Waals surface area contributed by atoms with E-state index in [-0.39, 0.29) is 35.7 Å². The largest absolute Gasteiger partial charge is 0.497 e. The van der Waals surface area contributed by atoms with Crippen molar-refractivity contribution in [3.05, 3.63) is 103 Å². The standard InChI is InChI=1S/C38H48O6Si/c1-8-15-34(39)38(5,6)35(42-27-28-20-22-29(41-7)23-21-28)25-30-24-31(26-36(40)43-30)44-45(37(2,3)4,32-16-11-9-12-17-32)33-18-13-10-14-19-33/h8-14,16-23,30-31,35H,1,15,24-27H2,2-7H3/t30-,31-,35+/m1/s1. The lowest BCUT2D eigenvalue weighted by Gasteiger charge is -2.46. The Kier molecular flexibility index (Phi) is 11.2. The summed E-state index contributed by atoms with van der Waals surface area (Å²) in [6.45, 7) is 14.6. The molecule has 0 unspecified atom stereocenters. The van der Waals surface area contributed by atoms with E-state index in [9.17, 15) is 9.59 Å². The number of methoxy groups -OCH3 is 1. The molecule has 1 fully saturated rings. The molecule has 7 heteroatoms. The quantitative estimate of drug-likeness (QED) is 0.111. The molecule has 1 heterocycles. The van der Waals surface area contributed by atoms with Crippen LogP contribution in [0, 0.1) is 5.41 Å². The Bertz CT molecular complexity index is 1370. The second-order valence-electron chi connectivity index (χ2n) is 13.5. The van der Waals surface area contributed by atoms with Crippen LogP contribution in [0.15, 0.2) is 97.6 Å². The number of cyclic esters (lactones) is 1. The van der Waals surface area contributed by atoms with Gasteiger partial charge in [-0.1, -0.05) is 113 Å². The first-order chi connectivity index (χ1) is 21.4. The maximum atomic E-state index is 13.3. The molecule has 0 radical (unpaired) electrons. The van der Waals surface area contributed by atoms with Crippen LogP contribution in [0.2, 0.25) is 5.04 Å². The van der Waals surface area contributed by atoms with Gasteiger partial charge in [-0.25, -0.2) is 0 Å². The van der Waals surface area contributed by atoms with Crippen LogP contribution in [0.25, 0.3) is 0 Å². The zero-order valence-corrected chi connectivity index (χ0v) is 28.6. The number of carbonyl (C=O) groups excluding carboxylic acids is 2. The Morgan fingerprint density at radius 2 is 1.53 bits per heavy atom. The number of carbonyl (C=O) groups is 2. The first-order valence-electron chi connectivity index (χ1n) is 15.8. The van der Waals surface area contributed by atoms with E-state index in [0.29, 0.717) is 19.4 Å². The van der Waals surface area contributed by atoms with Crippen LogP contribution in [0.4, 0.5) is 0 Å². The Morgan fingerprint density at radius 1 is 0.956 bits per heavy atom. The smallest absolute Gasteiger partial charge is 0.308 e. The van der Waals surface area contributed by atoms with E-state index in [1.807, 2.05) is 50.2 Å². The molecule has 1 aliphatic rings. The number of benzene rings is 3. The topological polar surface area (TPSA) is 71.1 Å². The Morgan fingerprint density at radius 3 is 2.04 bits per heavy atom. The number of ether oxygens (including phenoxy) is 3. The summed E-state index contributed by atoms with van der Waals surface area (Å²) < 4.78 is 25.0. The van der Waals surface area contributed by atoms with Gasteiger partial charge in [-0.15, -0.1) is 6.58 Å². The zero-order valence-electron chi connectivity index (χ0n) is 27.6. The van der Waals surface area contributed by atoms with Crippen LogP contribution in [0.5, 0.6) is 5.75 Å². The number of hydrogen-bond donors (Lipinski definition) is 0. The van der Waals surface area contributed by atoms with Gasteiger partial charge in [-0.3, -0.25) is 9.59 Å². The van der Waals surface area contributed by atoms with Crippen LogP contribution in [0.3, 0.4) is 0 Å². The fraction of sp³-hybridized carbons (Fsp3) is 0.421. The van der Waals surface area contributed by atoms with E-state index in [1.54, 1.807) is 13.2 Å². The zero-order chi connectivity index (χ0) is 32.7. The fourth-order valence-electron chi connectivity index (χ4n) is 6.32. The van der Waals surface area contributed by atoms with Gasteiger partial charge < -0.3 is 18.6 Å². The van der Waals surface area contributed by atoms with Crippen molar-refractivity contribution in [1.82, 2.24) is 0 Å². The molecule has 0 amide bonds. The first kappa shape index (κ1) is 34.4. The lowest BCUT2D eigenvalue weighted by atomic mass is 9.77. The number of ketones is 1. The first-order valence-corrected chi connectivity index (χ1v) is 17.7. The monoisotopic (exact) mass is 628 g/mol. The molecule has 240 valence electrons. The van der Waals surface area contributed by atoms with Crippen molar-refractivity contribution in [1.29, 1.82) is 0 Å².